The minimum Gasteiger partial charge on any atom is -0.465 e. The third-order valence-electron chi connectivity index (χ3n) is 1.80. The summed E-state index contributed by atoms with van der Waals surface area (Å²) in [6.45, 7) is 5.35. The molecule has 15 heavy (non-hydrogen) atoms. The second-order valence-corrected chi connectivity index (χ2v) is 4.28. The summed E-state index contributed by atoms with van der Waals surface area (Å²) < 4.78 is 4.90. The van der Waals surface area contributed by atoms with Crippen LogP contribution in [0.5, 0.6) is 0 Å². The van der Waals surface area contributed by atoms with Crippen molar-refractivity contribution < 1.29 is 14.3 Å². The molecule has 0 fully saturated rings. The van der Waals surface area contributed by atoms with Gasteiger partial charge in [0.1, 0.15) is 5.25 Å². The molecule has 2 unspecified atom stereocenters. The summed E-state index contributed by atoms with van der Waals surface area (Å²) in [4.78, 5) is 26.4. The number of aliphatic imine (C=N–C) groups is 1. The van der Waals surface area contributed by atoms with Gasteiger partial charge in [-0.05, 0) is 13.8 Å². The molecule has 1 heterocycles. The van der Waals surface area contributed by atoms with Crippen LogP contribution in [0.3, 0.4) is 0 Å². The van der Waals surface area contributed by atoms with Crippen LogP contribution in [0.4, 0.5) is 0 Å². The maximum atomic E-state index is 11.5. The Kier molecular flexibility index (Phi) is 4.14. The first-order chi connectivity index (χ1) is 7.04. The summed E-state index contributed by atoms with van der Waals surface area (Å²) in [6, 6.07) is -0.157. The number of carbonyl (C=O) groups excluding carboxylic acids is 2. The van der Waals surface area contributed by atoms with Crippen molar-refractivity contribution in [3.8, 4) is 0 Å². The number of rotatable bonds is 2. The van der Waals surface area contributed by atoms with Crippen LogP contribution in [0, 0.1) is 0 Å². The predicted molar refractivity (Wildman–Crippen MR) is 58.7 cm³/mol. The number of thioether (sulfide) groups is 1. The number of carbonyl (C=O) groups is 2. The van der Waals surface area contributed by atoms with Crippen molar-refractivity contribution >= 4 is 28.8 Å². The Labute approximate surface area is 92.7 Å². The average Bonchev–Trinajstić information content (AvgIpc) is 2.46. The third-order valence-corrected chi connectivity index (χ3v) is 3.07. The van der Waals surface area contributed by atoms with Gasteiger partial charge in [-0.3, -0.25) is 14.6 Å². The molecule has 0 aromatic heterocycles. The van der Waals surface area contributed by atoms with Gasteiger partial charge in [-0.1, -0.05) is 11.8 Å². The quantitative estimate of drug-likeness (QED) is 0.703. The molecular weight excluding hydrogens is 216 g/mol. The van der Waals surface area contributed by atoms with Gasteiger partial charge in [-0.2, -0.15) is 0 Å². The Morgan fingerprint density at radius 3 is 2.80 bits per heavy atom. The van der Waals surface area contributed by atoms with E-state index in [-0.39, 0.29) is 23.2 Å². The van der Waals surface area contributed by atoms with E-state index in [0.29, 0.717) is 11.8 Å². The molecule has 5 nitrogen and oxygen atoms in total. The number of nitrogens with one attached hydrogen (secondary N) is 1. The molecule has 0 saturated heterocycles. The highest BCUT2D eigenvalue weighted by atomic mass is 32.2. The summed E-state index contributed by atoms with van der Waals surface area (Å²) in [5.74, 6) is -0.461. The van der Waals surface area contributed by atoms with Crippen LogP contribution in [-0.2, 0) is 14.3 Å². The normalized spacial score (nSPS) is 24.6. The van der Waals surface area contributed by atoms with E-state index >= 15 is 0 Å². The fourth-order valence-electron chi connectivity index (χ4n) is 1.18. The Morgan fingerprint density at radius 2 is 2.27 bits per heavy atom. The summed E-state index contributed by atoms with van der Waals surface area (Å²) in [6.07, 6.45) is 0. The number of hydrogen-bond donors (Lipinski definition) is 1. The van der Waals surface area contributed by atoms with E-state index in [2.05, 4.69) is 10.3 Å². The van der Waals surface area contributed by atoms with Crippen LogP contribution in [0.15, 0.2) is 4.99 Å². The van der Waals surface area contributed by atoms with Crippen molar-refractivity contribution in [1.82, 2.24) is 5.32 Å². The van der Waals surface area contributed by atoms with Gasteiger partial charge in [0.2, 0.25) is 5.91 Å². The van der Waals surface area contributed by atoms with Crippen molar-refractivity contribution in [2.45, 2.75) is 32.1 Å². The van der Waals surface area contributed by atoms with Crippen LogP contribution < -0.4 is 5.32 Å². The first-order valence-electron chi connectivity index (χ1n) is 4.73. The predicted octanol–water partition coefficient (Wildman–Crippen LogP) is 0.545. The first-order valence-corrected chi connectivity index (χ1v) is 5.61. The SMILES string of the molecule is CCOC(=O)C1SC(NC(C)=O)=NC1C. The van der Waals surface area contributed by atoms with Gasteiger partial charge in [-0.15, -0.1) is 0 Å². The molecular formula is C9H14N2O3S. The maximum Gasteiger partial charge on any atom is 0.321 e. The molecule has 6 heteroatoms. The van der Waals surface area contributed by atoms with Crippen LogP contribution >= 0.6 is 11.8 Å². The first kappa shape index (κ1) is 12.0. The zero-order chi connectivity index (χ0) is 11.4. The van der Waals surface area contributed by atoms with Gasteiger partial charge in [0.25, 0.3) is 0 Å². The van der Waals surface area contributed by atoms with E-state index in [9.17, 15) is 9.59 Å². The van der Waals surface area contributed by atoms with Crippen molar-refractivity contribution in [3.05, 3.63) is 0 Å². The summed E-state index contributed by atoms with van der Waals surface area (Å²) in [5, 5.41) is 2.72. The lowest BCUT2D eigenvalue weighted by molar-refractivity contribution is -0.142. The summed E-state index contributed by atoms with van der Waals surface area (Å²) in [7, 11) is 0. The molecule has 1 amide bonds. The van der Waals surface area contributed by atoms with Gasteiger partial charge in [0, 0.05) is 6.92 Å². The van der Waals surface area contributed by atoms with Crippen molar-refractivity contribution in [1.29, 1.82) is 0 Å². The molecule has 0 aromatic carbocycles. The van der Waals surface area contributed by atoms with E-state index in [1.807, 2.05) is 6.92 Å². The molecule has 1 rings (SSSR count). The van der Waals surface area contributed by atoms with Crippen LogP contribution in [-0.4, -0.2) is 34.9 Å². The largest absolute Gasteiger partial charge is 0.465 e. The van der Waals surface area contributed by atoms with E-state index in [1.165, 1.54) is 18.7 Å². The van der Waals surface area contributed by atoms with Crippen LogP contribution in [0.25, 0.3) is 0 Å². The van der Waals surface area contributed by atoms with Gasteiger partial charge in [0.05, 0.1) is 12.6 Å². The van der Waals surface area contributed by atoms with E-state index in [4.69, 9.17) is 4.74 Å². The lowest BCUT2D eigenvalue weighted by Crippen LogP contribution is -2.28. The zero-order valence-electron chi connectivity index (χ0n) is 8.94. The minimum atomic E-state index is -0.341. The van der Waals surface area contributed by atoms with E-state index in [1.54, 1.807) is 6.92 Å². The number of ether oxygens (including phenoxy) is 1. The molecule has 0 saturated carbocycles. The van der Waals surface area contributed by atoms with Crippen molar-refractivity contribution in [2.75, 3.05) is 6.61 Å². The number of amides is 1. The highest BCUT2D eigenvalue weighted by molar-refractivity contribution is 8.15. The Morgan fingerprint density at radius 1 is 1.60 bits per heavy atom. The van der Waals surface area contributed by atoms with E-state index < -0.39 is 0 Å². The molecule has 0 aliphatic carbocycles. The summed E-state index contributed by atoms with van der Waals surface area (Å²) >= 11 is 1.24. The van der Waals surface area contributed by atoms with Gasteiger partial charge >= 0.3 is 5.97 Å². The number of amidine groups is 1. The minimum absolute atomic E-state index is 0.157. The smallest absolute Gasteiger partial charge is 0.321 e. The summed E-state index contributed by atoms with van der Waals surface area (Å²) in [5.41, 5.74) is 0. The van der Waals surface area contributed by atoms with E-state index in [0.717, 1.165) is 0 Å². The molecule has 1 aliphatic rings. The van der Waals surface area contributed by atoms with Crippen molar-refractivity contribution in [2.24, 2.45) is 4.99 Å². The second kappa shape index (κ2) is 5.16. The van der Waals surface area contributed by atoms with Crippen LogP contribution in [0.2, 0.25) is 0 Å². The fraction of sp³-hybridized carbons (Fsp3) is 0.667. The highest BCUT2D eigenvalue weighted by Crippen LogP contribution is 2.26. The Bertz CT molecular complexity index is 304. The molecule has 0 bridgehead atoms. The molecule has 0 aromatic rings. The van der Waals surface area contributed by atoms with Gasteiger partial charge in [0.15, 0.2) is 5.17 Å². The van der Waals surface area contributed by atoms with Gasteiger partial charge < -0.3 is 10.1 Å². The lowest BCUT2D eigenvalue weighted by atomic mass is 10.2. The zero-order valence-corrected chi connectivity index (χ0v) is 9.76. The third kappa shape index (κ3) is 3.23. The lowest BCUT2D eigenvalue weighted by Gasteiger charge is -2.10. The molecule has 1 N–H and O–H groups in total. The fourth-order valence-corrected chi connectivity index (χ4v) is 2.28. The standard InChI is InChI=1S/C9H14N2O3S/c1-4-14-8(13)7-5(2)10-9(15-7)11-6(3)12/h5,7H,4H2,1-3H3,(H,10,11,12). The molecule has 2 atom stereocenters. The monoisotopic (exact) mass is 230 g/mol. The average molecular weight is 230 g/mol. The van der Waals surface area contributed by atoms with Crippen LogP contribution in [0.1, 0.15) is 20.8 Å². The number of esters is 1. The highest BCUT2D eigenvalue weighted by Gasteiger charge is 2.34. The molecule has 1 aliphatic heterocycles. The number of hydrogen-bond acceptors (Lipinski definition) is 5. The van der Waals surface area contributed by atoms with Gasteiger partial charge in [-0.25, -0.2) is 0 Å². The Balaban J connectivity index is 2.55. The maximum absolute atomic E-state index is 11.5. The molecule has 0 radical (unpaired) electrons. The topological polar surface area (TPSA) is 67.8 Å². The molecule has 0 spiro atoms. The Hall–Kier alpha value is -1.04. The molecule has 84 valence electrons. The van der Waals surface area contributed by atoms with Crippen molar-refractivity contribution in [3.63, 3.8) is 0 Å². The number of nitrogens with zero attached hydrogens (tertiary/aromatic N) is 1. The second-order valence-electron chi connectivity index (χ2n) is 3.15.